The minimum Gasteiger partial charge on any atom is -0.297 e. The summed E-state index contributed by atoms with van der Waals surface area (Å²) >= 11 is 0. The molecule has 1 atom stereocenters. The van der Waals surface area contributed by atoms with Crippen LogP contribution < -0.4 is 0 Å². The molecule has 0 aliphatic carbocycles. The van der Waals surface area contributed by atoms with Crippen LogP contribution in [0, 0.1) is 0 Å². The molecule has 2 aromatic carbocycles. The molecule has 0 radical (unpaired) electrons. The van der Waals surface area contributed by atoms with Crippen LogP contribution in [0.2, 0.25) is 0 Å². The van der Waals surface area contributed by atoms with Crippen LogP contribution in [0.1, 0.15) is 43.3 Å². The van der Waals surface area contributed by atoms with E-state index in [4.69, 9.17) is 0 Å². The fourth-order valence-electron chi connectivity index (χ4n) is 3.14. The van der Waals surface area contributed by atoms with Gasteiger partial charge in [-0.25, -0.2) is 4.68 Å². The molecule has 0 bridgehead atoms. The zero-order chi connectivity index (χ0) is 17.9. The Bertz CT molecular complexity index is 758. The molecule has 0 amide bonds. The van der Waals surface area contributed by atoms with E-state index < -0.39 is 0 Å². The molecule has 3 aromatic rings. The number of tetrazole rings is 1. The molecule has 130 valence electrons. The van der Waals surface area contributed by atoms with Gasteiger partial charge in [0.15, 0.2) is 5.82 Å². The van der Waals surface area contributed by atoms with Crippen molar-refractivity contribution >= 4 is 0 Å². The standard InChI is InChI=1S/C20H25N5/c1-5-20(2,24(3)4)19-21-22-23-25(19)18(16-12-8-6-9-13-16)17-14-10-7-11-15-17/h6-15,18H,5H2,1-4H3/t20-/m0/s1. The van der Waals surface area contributed by atoms with Crippen molar-refractivity contribution in [1.82, 2.24) is 25.1 Å². The summed E-state index contributed by atoms with van der Waals surface area (Å²) in [6.45, 7) is 4.35. The quantitative estimate of drug-likeness (QED) is 0.692. The van der Waals surface area contributed by atoms with Crippen LogP contribution >= 0.6 is 0 Å². The van der Waals surface area contributed by atoms with Gasteiger partial charge in [-0.3, -0.25) is 4.90 Å². The Morgan fingerprint density at radius 1 is 0.960 bits per heavy atom. The predicted octanol–water partition coefficient (Wildman–Crippen LogP) is 3.50. The van der Waals surface area contributed by atoms with Gasteiger partial charge in [0, 0.05) is 0 Å². The van der Waals surface area contributed by atoms with Gasteiger partial charge in [-0.2, -0.15) is 0 Å². The Balaban J connectivity index is 2.19. The lowest BCUT2D eigenvalue weighted by Gasteiger charge is -2.35. The summed E-state index contributed by atoms with van der Waals surface area (Å²) in [5.74, 6) is 0.873. The molecule has 5 nitrogen and oxygen atoms in total. The highest BCUT2D eigenvalue weighted by molar-refractivity contribution is 5.33. The van der Waals surface area contributed by atoms with Gasteiger partial charge in [-0.15, -0.1) is 5.10 Å². The lowest BCUT2D eigenvalue weighted by atomic mass is 9.94. The Hall–Kier alpha value is -2.53. The molecule has 1 aromatic heterocycles. The molecule has 0 aliphatic rings. The van der Waals surface area contributed by atoms with Crippen LogP contribution in [-0.4, -0.2) is 39.2 Å². The van der Waals surface area contributed by atoms with Gasteiger partial charge in [0.1, 0.15) is 6.04 Å². The van der Waals surface area contributed by atoms with E-state index >= 15 is 0 Å². The predicted molar refractivity (Wildman–Crippen MR) is 99.3 cm³/mol. The molecule has 5 heteroatoms. The number of hydrogen-bond acceptors (Lipinski definition) is 4. The molecule has 0 spiro atoms. The lowest BCUT2D eigenvalue weighted by Crippen LogP contribution is -2.41. The maximum absolute atomic E-state index is 4.41. The molecule has 0 saturated heterocycles. The third kappa shape index (κ3) is 3.20. The molecule has 1 heterocycles. The van der Waals surface area contributed by atoms with Crippen LogP contribution in [0.25, 0.3) is 0 Å². The maximum Gasteiger partial charge on any atom is 0.172 e. The number of nitrogens with zero attached hydrogens (tertiary/aromatic N) is 5. The van der Waals surface area contributed by atoms with E-state index in [1.165, 1.54) is 11.1 Å². The van der Waals surface area contributed by atoms with Crippen molar-refractivity contribution in [3.8, 4) is 0 Å². The molecule has 0 aliphatic heterocycles. The normalized spacial score (nSPS) is 14.0. The molecule has 0 saturated carbocycles. The Morgan fingerprint density at radius 2 is 1.48 bits per heavy atom. The minimum atomic E-state index is -0.245. The highest BCUT2D eigenvalue weighted by Gasteiger charge is 2.35. The second kappa shape index (κ2) is 7.15. The van der Waals surface area contributed by atoms with Gasteiger partial charge in [-0.1, -0.05) is 67.6 Å². The van der Waals surface area contributed by atoms with E-state index in [2.05, 4.69) is 96.9 Å². The van der Waals surface area contributed by atoms with Crippen molar-refractivity contribution < 1.29 is 0 Å². The van der Waals surface area contributed by atoms with Gasteiger partial charge in [-0.05, 0) is 49.0 Å². The third-order valence-electron chi connectivity index (χ3n) is 5.13. The molecule has 25 heavy (non-hydrogen) atoms. The second-order valence-electron chi connectivity index (χ2n) is 6.69. The fourth-order valence-corrected chi connectivity index (χ4v) is 3.14. The summed E-state index contributed by atoms with van der Waals surface area (Å²) in [6.07, 6.45) is 0.913. The monoisotopic (exact) mass is 335 g/mol. The largest absolute Gasteiger partial charge is 0.297 e. The first-order chi connectivity index (χ1) is 12.1. The smallest absolute Gasteiger partial charge is 0.172 e. The first kappa shape index (κ1) is 17.3. The minimum absolute atomic E-state index is 0.0572. The molecule has 0 N–H and O–H groups in total. The highest BCUT2D eigenvalue weighted by atomic mass is 15.6. The fraction of sp³-hybridized carbons (Fsp3) is 0.350. The Labute approximate surface area is 149 Å². The zero-order valence-electron chi connectivity index (χ0n) is 15.3. The summed E-state index contributed by atoms with van der Waals surface area (Å²) in [5, 5.41) is 12.8. The van der Waals surface area contributed by atoms with Crippen LogP contribution in [0.3, 0.4) is 0 Å². The first-order valence-electron chi connectivity index (χ1n) is 8.63. The molecular weight excluding hydrogens is 310 g/mol. The molecular formula is C20H25N5. The van der Waals surface area contributed by atoms with Crippen molar-refractivity contribution in [1.29, 1.82) is 0 Å². The van der Waals surface area contributed by atoms with Gasteiger partial charge in [0.2, 0.25) is 0 Å². The highest BCUT2D eigenvalue weighted by Crippen LogP contribution is 2.33. The number of hydrogen-bond donors (Lipinski definition) is 0. The first-order valence-corrected chi connectivity index (χ1v) is 8.63. The topological polar surface area (TPSA) is 46.8 Å². The summed E-state index contributed by atoms with van der Waals surface area (Å²) in [5.41, 5.74) is 2.09. The third-order valence-corrected chi connectivity index (χ3v) is 5.13. The van der Waals surface area contributed by atoms with Crippen LogP contribution in [0.15, 0.2) is 60.7 Å². The summed E-state index contributed by atoms with van der Waals surface area (Å²) in [7, 11) is 4.14. The van der Waals surface area contributed by atoms with E-state index in [-0.39, 0.29) is 11.6 Å². The van der Waals surface area contributed by atoms with E-state index in [9.17, 15) is 0 Å². The Morgan fingerprint density at radius 3 is 1.92 bits per heavy atom. The SMILES string of the molecule is CC[C@@](C)(c1nnnn1C(c1ccccc1)c1ccccc1)N(C)C. The molecule has 0 unspecified atom stereocenters. The summed E-state index contributed by atoms with van der Waals surface area (Å²) in [4.78, 5) is 2.18. The van der Waals surface area contributed by atoms with Crippen molar-refractivity contribution in [3.63, 3.8) is 0 Å². The van der Waals surface area contributed by atoms with E-state index in [0.717, 1.165) is 12.2 Å². The van der Waals surface area contributed by atoms with Gasteiger partial charge in [0.05, 0.1) is 5.54 Å². The molecule has 3 rings (SSSR count). The maximum atomic E-state index is 4.41. The van der Waals surface area contributed by atoms with Gasteiger partial charge in [0.25, 0.3) is 0 Å². The van der Waals surface area contributed by atoms with Crippen LogP contribution in [-0.2, 0) is 5.54 Å². The van der Waals surface area contributed by atoms with Gasteiger partial charge >= 0.3 is 0 Å². The van der Waals surface area contributed by atoms with Crippen molar-refractivity contribution in [2.75, 3.05) is 14.1 Å². The summed E-state index contributed by atoms with van der Waals surface area (Å²) in [6, 6.07) is 20.7. The van der Waals surface area contributed by atoms with Crippen LogP contribution in [0.5, 0.6) is 0 Å². The van der Waals surface area contributed by atoms with Crippen LogP contribution in [0.4, 0.5) is 0 Å². The Kier molecular flexibility index (Phi) is 4.95. The van der Waals surface area contributed by atoms with Gasteiger partial charge < -0.3 is 0 Å². The number of aromatic nitrogens is 4. The van der Waals surface area contributed by atoms with Crippen molar-refractivity contribution in [2.45, 2.75) is 31.8 Å². The molecule has 0 fully saturated rings. The zero-order valence-corrected chi connectivity index (χ0v) is 15.3. The van der Waals surface area contributed by atoms with E-state index in [1.54, 1.807) is 0 Å². The van der Waals surface area contributed by atoms with Crippen molar-refractivity contribution in [2.24, 2.45) is 0 Å². The van der Waals surface area contributed by atoms with E-state index in [1.807, 2.05) is 16.8 Å². The summed E-state index contributed by atoms with van der Waals surface area (Å²) < 4.78 is 1.97. The number of rotatable bonds is 6. The lowest BCUT2D eigenvalue weighted by molar-refractivity contribution is 0.148. The van der Waals surface area contributed by atoms with E-state index in [0.29, 0.717) is 0 Å². The average molecular weight is 335 g/mol. The number of benzene rings is 2. The second-order valence-corrected chi connectivity index (χ2v) is 6.69. The van der Waals surface area contributed by atoms with Crippen molar-refractivity contribution in [3.05, 3.63) is 77.6 Å². The average Bonchev–Trinajstić information content (AvgIpc) is 3.12.